The SMILES string of the molecule is CCCCOc1ccc(CN2CCN3CCN(C)CC3C2)cc1. The Kier molecular flexibility index (Phi) is 5.92. The van der Waals surface area contributed by atoms with Crippen LogP contribution in [0.4, 0.5) is 0 Å². The molecule has 0 spiro atoms. The summed E-state index contributed by atoms with van der Waals surface area (Å²) in [5.41, 5.74) is 1.39. The maximum atomic E-state index is 5.75. The molecular weight excluding hydrogens is 286 g/mol. The first-order valence-electron chi connectivity index (χ1n) is 9.11. The van der Waals surface area contributed by atoms with Crippen LogP contribution in [0.15, 0.2) is 24.3 Å². The van der Waals surface area contributed by atoms with E-state index < -0.39 is 0 Å². The molecule has 2 saturated heterocycles. The van der Waals surface area contributed by atoms with E-state index in [-0.39, 0.29) is 0 Å². The maximum Gasteiger partial charge on any atom is 0.119 e. The zero-order valence-corrected chi connectivity index (χ0v) is 14.7. The average Bonchev–Trinajstić information content (AvgIpc) is 2.56. The number of nitrogens with zero attached hydrogens (tertiary/aromatic N) is 3. The van der Waals surface area contributed by atoms with Crippen molar-refractivity contribution in [3.8, 4) is 5.75 Å². The first kappa shape index (κ1) is 16.7. The lowest BCUT2D eigenvalue weighted by Gasteiger charge is -2.46. The van der Waals surface area contributed by atoms with Crippen molar-refractivity contribution in [2.24, 2.45) is 0 Å². The van der Waals surface area contributed by atoms with Crippen molar-refractivity contribution in [2.75, 3.05) is 52.9 Å². The van der Waals surface area contributed by atoms with Gasteiger partial charge in [0.15, 0.2) is 0 Å². The molecular formula is C19H31N3O. The van der Waals surface area contributed by atoms with Gasteiger partial charge in [-0.15, -0.1) is 0 Å². The second kappa shape index (κ2) is 8.13. The fourth-order valence-corrected chi connectivity index (χ4v) is 3.60. The third kappa shape index (κ3) is 4.69. The molecule has 0 bridgehead atoms. The highest BCUT2D eigenvalue weighted by atomic mass is 16.5. The van der Waals surface area contributed by atoms with Crippen molar-refractivity contribution in [3.05, 3.63) is 29.8 Å². The molecule has 1 aromatic rings. The van der Waals surface area contributed by atoms with Gasteiger partial charge in [0.1, 0.15) is 5.75 Å². The molecule has 1 atom stereocenters. The van der Waals surface area contributed by atoms with E-state index in [0.29, 0.717) is 6.04 Å². The molecule has 4 heteroatoms. The summed E-state index contributed by atoms with van der Waals surface area (Å²) in [5.74, 6) is 1.00. The zero-order valence-electron chi connectivity index (χ0n) is 14.7. The van der Waals surface area contributed by atoms with Gasteiger partial charge in [-0.25, -0.2) is 0 Å². The van der Waals surface area contributed by atoms with Gasteiger partial charge >= 0.3 is 0 Å². The van der Waals surface area contributed by atoms with Gasteiger partial charge in [0.05, 0.1) is 6.61 Å². The fourth-order valence-electron chi connectivity index (χ4n) is 3.60. The van der Waals surface area contributed by atoms with Crippen LogP contribution in [0, 0.1) is 0 Å². The summed E-state index contributed by atoms with van der Waals surface area (Å²) in [6.45, 7) is 11.3. The van der Waals surface area contributed by atoms with Crippen molar-refractivity contribution < 1.29 is 4.74 Å². The number of unbranched alkanes of at least 4 members (excludes halogenated alkanes) is 1. The van der Waals surface area contributed by atoms with Gasteiger partial charge in [-0.05, 0) is 31.2 Å². The smallest absolute Gasteiger partial charge is 0.119 e. The van der Waals surface area contributed by atoms with E-state index in [2.05, 4.69) is 52.9 Å². The lowest BCUT2D eigenvalue weighted by molar-refractivity contribution is 0.0175. The number of ether oxygens (including phenoxy) is 1. The largest absolute Gasteiger partial charge is 0.494 e. The van der Waals surface area contributed by atoms with Crippen LogP contribution in [0.3, 0.4) is 0 Å². The molecule has 2 fully saturated rings. The Labute approximate surface area is 141 Å². The molecule has 0 aliphatic carbocycles. The van der Waals surface area contributed by atoms with Crippen molar-refractivity contribution in [2.45, 2.75) is 32.4 Å². The van der Waals surface area contributed by atoms with E-state index in [4.69, 9.17) is 4.74 Å². The topological polar surface area (TPSA) is 19.0 Å². The molecule has 3 rings (SSSR count). The van der Waals surface area contributed by atoms with Crippen molar-refractivity contribution >= 4 is 0 Å². The second-order valence-corrected chi connectivity index (χ2v) is 7.03. The van der Waals surface area contributed by atoms with E-state index in [1.54, 1.807) is 0 Å². The Morgan fingerprint density at radius 1 is 1.04 bits per heavy atom. The van der Waals surface area contributed by atoms with E-state index in [0.717, 1.165) is 25.3 Å². The number of hydrogen-bond acceptors (Lipinski definition) is 4. The first-order chi connectivity index (χ1) is 11.2. The summed E-state index contributed by atoms with van der Waals surface area (Å²) >= 11 is 0. The van der Waals surface area contributed by atoms with E-state index in [9.17, 15) is 0 Å². The Bertz CT molecular complexity index is 476. The highest BCUT2D eigenvalue weighted by Gasteiger charge is 2.30. The summed E-state index contributed by atoms with van der Waals surface area (Å²) in [7, 11) is 2.24. The number of benzene rings is 1. The van der Waals surface area contributed by atoms with Gasteiger partial charge in [0.25, 0.3) is 0 Å². The van der Waals surface area contributed by atoms with E-state index in [1.165, 1.54) is 51.3 Å². The number of piperazine rings is 2. The predicted octanol–water partition coefficient (Wildman–Crippen LogP) is 2.30. The molecule has 0 radical (unpaired) electrons. The summed E-state index contributed by atoms with van der Waals surface area (Å²) in [6, 6.07) is 9.39. The quantitative estimate of drug-likeness (QED) is 0.749. The van der Waals surface area contributed by atoms with E-state index >= 15 is 0 Å². The molecule has 4 nitrogen and oxygen atoms in total. The molecule has 128 valence electrons. The Hall–Kier alpha value is -1.10. The minimum absolute atomic E-state index is 0.708. The molecule has 2 heterocycles. The van der Waals surface area contributed by atoms with Gasteiger partial charge in [-0.1, -0.05) is 25.5 Å². The van der Waals surface area contributed by atoms with Crippen molar-refractivity contribution in [3.63, 3.8) is 0 Å². The third-order valence-corrected chi connectivity index (χ3v) is 5.08. The zero-order chi connectivity index (χ0) is 16.1. The monoisotopic (exact) mass is 317 g/mol. The fraction of sp³-hybridized carbons (Fsp3) is 0.684. The van der Waals surface area contributed by atoms with Crippen LogP contribution in [0.2, 0.25) is 0 Å². The summed E-state index contributed by atoms with van der Waals surface area (Å²) in [5, 5.41) is 0. The number of fused-ring (bicyclic) bond motifs is 1. The third-order valence-electron chi connectivity index (χ3n) is 5.08. The first-order valence-corrected chi connectivity index (χ1v) is 9.11. The lowest BCUT2D eigenvalue weighted by atomic mass is 10.1. The highest BCUT2D eigenvalue weighted by molar-refractivity contribution is 5.27. The lowest BCUT2D eigenvalue weighted by Crippen LogP contribution is -2.60. The molecule has 2 aliphatic heterocycles. The van der Waals surface area contributed by atoms with Gasteiger partial charge in [0.2, 0.25) is 0 Å². The van der Waals surface area contributed by atoms with Gasteiger partial charge in [-0.2, -0.15) is 0 Å². The van der Waals surface area contributed by atoms with Gasteiger partial charge in [0, 0.05) is 51.9 Å². The molecule has 1 unspecified atom stereocenters. The Morgan fingerprint density at radius 3 is 2.61 bits per heavy atom. The molecule has 0 saturated carbocycles. The van der Waals surface area contributed by atoms with Crippen LogP contribution in [-0.2, 0) is 6.54 Å². The van der Waals surface area contributed by atoms with Crippen LogP contribution in [-0.4, -0.2) is 73.7 Å². The average molecular weight is 317 g/mol. The standard InChI is InChI=1S/C19H31N3O/c1-3-4-13-23-19-7-5-17(6-8-19)14-21-10-12-22-11-9-20(2)15-18(22)16-21/h5-8,18H,3-4,9-16H2,1-2H3. The number of likely N-dealkylation sites (N-methyl/N-ethyl adjacent to an activating group) is 1. The maximum absolute atomic E-state index is 5.75. The molecule has 1 aromatic carbocycles. The van der Waals surface area contributed by atoms with Crippen LogP contribution in [0.1, 0.15) is 25.3 Å². The highest BCUT2D eigenvalue weighted by Crippen LogP contribution is 2.18. The molecule has 0 aromatic heterocycles. The van der Waals surface area contributed by atoms with Crippen molar-refractivity contribution in [1.82, 2.24) is 14.7 Å². The predicted molar refractivity (Wildman–Crippen MR) is 95.0 cm³/mol. The summed E-state index contributed by atoms with van der Waals surface area (Å²) in [4.78, 5) is 7.74. The van der Waals surface area contributed by atoms with Crippen LogP contribution in [0.25, 0.3) is 0 Å². The van der Waals surface area contributed by atoms with E-state index in [1.807, 2.05) is 0 Å². The molecule has 23 heavy (non-hydrogen) atoms. The number of rotatable bonds is 6. The Balaban J connectivity index is 1.49. The summed E-state index contributed by atoms with van der Waals surface area (Å²) < 4.78 is 5.75. The second-order valence-electron chi connectivity index (χ2n) is 7.03. The Morgan fingerprint density at radius 2 is 1.83 bits per heavy atom. The van der Waals surface area contributed by atoms with Gasteiger partial charge in [-0.3, -0.25) is 9.80 Å². The van der Waals surface area contributed by atoms with Gasteiger partial charge < -0.3 is 9.64 Å². The van der Waals surface area contributed by atoms with Crippen LogP contribution < -0.4 is 4.74 Å². The van der Waals surface area contributed by atoms with Crippen LogP contribution in [0.5, 0.6) is 5.75 Å². The summed E-state index contributed by atoms with van der Waals surface area (Å²) in [6.07, 6.45) is 2.31. The molecule has 0 amide bonds. The van der Waals surface area contributed by atoms with Crippen LogP contribution >= 0.6 is 0 Å². The minimum Gasteiger partial charge on any atom is -0.494 e. The van der Waals surface area contributed by atoms with Crippen molar-refractivity contribution in [1.29, 1.82) is 0 Å². The molecule has 2 aliphatic rings. The molecule has 0 N–H and O–H groups in total. The number of hydrogen-bond donors (Lipinski definition) is 0. The normalized spacial score (nSPS) is 23.7. The minimum atomic E-state index is 0.708.